The van der Waals surface area contributed by atoms with Crippen LogP contribution in [0.25, 0.3) is 0 Å². The number of aliphatic hydroxyl groups excluding tert-OH is 1. The summed E-state index contributed by atoms with van der Waals surface area (Å²) in [5.74, 6) is -0.198. The van der Waals surface area contributed by atoms with E-state index in [0.717, 1.165) is 33.4 Å². The molecule has 1 aromatic carbocycles. The summed E-state index contributed by atoms with van der Waals surface area (Å²) in [6, 6.07) is 0. The quantitative estimate of drug-likeness (QED) is 0.416. The molecule has 0 aromatic heterocycles. The second-order valence-corrected chi connectivity index (χ2v) is 7.50. The van der Waals surface area contributed by atoms with Crippen molar-refractivity contribution >= 4 is 17.3 Å². The van der Waals surface area contributed by atoms with E-state index in [4.69, 9.17) is 4.84 Å². The first-order valence-corrected chi connectivity index (χ1v) is 9.91. The van der Waals surface area contributed by atoms with E-state index in [1.165, 1.54) is 0 Å². The van der Waals surface area contributed by atoms with E-state index in [2.05, 4.69) is 5.16 Å². The van der Waals surface area contributed by atoms with Gasteiger partial charge in [0.25, 0.3) is 0 Å². The number of ketones is 2. The number of rotatable bonds is 6. The Bertz CT molecular complexity index is 877. The highest BCUT2D eigenvalue weighted by molar-refractivity contribution is 6.23. The van der Waals surface area contributed by atoms with E-state index < -0.39 is 0 Å². The Hall–Kier alpha value is -2.43. The van der Waals surface area contributed by atoms with E-state index in [-0.39, 0.29) is 35.2 Å². The van der Waals surface area contributed by atoms with Crippen LogP contribution in [0.3, 0.4) is 0 Å². The van der Waals surface area contributed by atoms with Crippen LogP contribution >= 0.6 is 0 Å². The highest BCUT2D eigenvalue weighted by Gasteiger charge is 2.33. The molecular weight excluding hydrogens is 354 g/mol. The first kappa shape index (κ1) is 21.9. The topological polar surface area (TPSA) is 76.0 Å². The van der Waals surface area contributed by atoms with Crippen LogP contribution in [0.1, 0.15) is 84.1 Å². The third kappa shape index (κ3) is 3.89. The zero-order valence-electron chi connectivity index (χ0n) is 18.0. The molecule has 1 aliphatic carbocycles. The van der Waals surface area contributed by atoms with Gasteiger partial charge in [0, 0.05) is 18.4 Å². The van der Waals surface area contributed by atoms with Gasteiger partial charge in [-0.1, -0.05) is 12.1 Å². The lowest BCUT2D eigenvalue weighted by molar-refractivity contribution is -0.116. The molecule has 1 aliphatic rings. The number of hydrogen-bond acceptors (Lipinski definition) is 5. The molecule has 5 nitrogen and oxygen atoms in total. The summed E-state index contributed by atoms with van der Waals surface area (Å²) in [6.07, 6.45) is 1.14. The van der Waals surface area contributed by atoms with Gasteiger partial charge in [0.2, 0.25) is 0 Å². The molecule has 0 radical (unpaired) electrons. The van der Waals surface area contributed by atoms with Crippen molar-refractivity contribution in [3.63, 3.8) is 0 Å². The highest BCUT2D eigenvalue weighted by atomic mass is 16.6. The van der Waals surface area contributed by atoms with E-state index in [1.807, 2.05) is 41.5 Å². The largest absolute Gasteiger partial charge is 0.511 e. The van der Waals surface area contributed by atoms with Crippen molar-refractivity contribution < 1.29 is 19.5 Å². The minimum atomic E-state index is -0.154. The number of carbonyl (C=O) groups is 2. The van der Waals surface area contributed by atoms with Crippen molar-refractivity contribution in [2.24, 2.45) is 5.16 Å². The lowest BCUT2D eigenvalue weighted by Gasteiger charge is -2.29. The Morgan fingerprint density at radius 2 is 1.71 bits per heavy atom. The van der Waals surface area contributed by atoms with Gasteiger partial charge in [-0.2, -0.15) is 0 Å². The Kier molecular flexibility index (Phi) is 6.81. The van der Waals surface area contributed by atoms with Crippen molar-refractivity contribution in [1.82, 2.24) is 0 Å². The summed E-state index contributed by atoms with van der Waals surface area (Å²) in [7, 11) is 0. The Labute approximate surface area is 167 Å². The Morgan fingerprint density at radius 3 is 2.21 bits per heavy atom. The van der Waals surface area contributed by atoms with Crippen LogP contribution in [0.5, 0.6) is 0 Å². The Balaban J connectivity index is 2.57. The summed E-state index contributed by atoms with van der Waals surface area (Å²) < 4.78 is 0. The van der Waals surface area contributed by atoms with Gasteiger partial charge in [0.1, 0.15) is 12.4 Å². The van der Waals surface area contributed by atoms with Crippen LogP contribution in [-0.2, 0) is 9.63 Å². The molecule has 0 fully saturated rings. The third-order valence-corrected chi connectivity index (χ3v) is 5.81. The predicted octanol–water partition coefficient (Wildman–Crippen LogP) is 5.18. The van der Waals surface area contributed by atoms with Crippen LogP contribution in [0.15, 0.2) is 16.5 Å². The first-order chi connectivity index (χ1) is 13.1. The fraction of sp³-hybridized carbons (Fsp3) is 0.522. The highest BCUT2D eigenvalue weighted by Crippen LogP contribution is 2.40. The van der Waals surface area contributed by atoms with Gasteiger partial charge in [0.05, 0.1) is 11.3 Å². The smallest absolute Gasteiger partial charge is 0.168 e. The molecule has 2 rings (SSSR count). The SMILES string of the molecule is CCON=C(CC)C1=C(O)CC(c2c(C)c(C)c(C)c(C(C)=O)c2C)CC1=O. The standard InChI is InChI=1S/C23H31NO4/c1-8-18(24-28-9-2)23-19(26)10-17(11-20(23)27)22-14(5)12(3)13(4)21(15(22)6)16(7)25/h17,26H,8-11H2,1-7H3. The van der Waals surface area contributed by atoms with Gasteiger partial charge in [-0.15, -0.1) is 0 Å². The summed E-state index contributed by atoms with van der Waals surface area (Å²) in [5.41, 5.74) is 6.58. The van der Waals surface area contributed by atoms with E-state index in [9.17, 15) is 14.7 Å². The number of oxime groups is 1. The van der Waals surface area contributed by atoms with Gasteiger partial charge >= 0.3 is 0 Å². The molecule has 1 atom stereocenters. The maximum atomic E-state index is 12.9. The zero-order chi connectivity index (χ0) is 21.2. The van der Waals surface area contributed by atoms with E-state index in [0.29, 0.717) is 25.2 Å². The summed E-state index contributed by atoms with van der Waals surface area (Å²) in [4.78, 5) is 30.3. The molecule has 0 spiro atoms. The molecule has 152 valence electrons. The molecule has 28 heavy (non-hydrogen) atoms. The van der Waals surface area contributed by atoms with Crippen molar-refractivity contribution in [3.05, 3.63) is 44.7 Å². The average molecular weight is 386 g/mol. The predicted molar refractivity (Wildman–Crippen MR) is 111 cm³/mol. The maximum absolute atomic E-state index is 12.9. The van der Waals surface area contributed by atoms with Gasteiger partial charge in [-0.3, -0.25) is 9.59 Å². The normalized spacial score (nSPS) is 17.9. The van der Waals surface area contributed by atoms with Gasteiger partial charge < -0.3 is 9.94 Å². The van der Waals surface area contributed by atoms with Crippen LogP contribution < -0.4 is 0 Å². The van der Waals surface area contributed by atoms with Crippen LogP contribution in [0.2, 0.25) is 0 Å². The number of allylic oxidation sites excluding steroid dienone is 2. The van der Waals surface area contributed by atoms with E-state index >= 15 is 0 Å². The molecule has 0 heterocycles. The molecule has 1 unspecified atom stereocenters. The van der Waals surface area contributed by atoms with Gasteiger partial charge in [-0.25, -0.2) is 0 Å². The molecule has 1 aromatic rings. The number of Topliss-reactive ketones (excluding diaryl/α,β-unsaturated/α-hetero) is 2. The molecule has 0 saturated carbocycles. The summed E-state index contributed by atoms with van der Waals surface area (Å²) in [5, 5.41) is 14.7. The molecular formula is C23H31NO4. The summed E-state index contributed by atoms with van der Waals surface area (Å²) >= 11 is 0. The fourth-order valence-corrected chi connectivity index (χ4v) is 4.36. The lowest BCUT2D eigenvalue weighted by atomic mass is 9.75. The van der Waals surface area contributed by atoms with Crippen LogP contribution in [0, 0.1) is 27.7 Å². The second-order valence-electron chi connectivity index (χ2n) is 7.50. The molecule has 5 heteroatoms. The lowest BCUT2D eigenvalue weighted by Crippen LogP contribution is -2.25. The molecule has 0 aliphatic heterocycles. The second kappa shape index (κ2) is 8.72. The molecule has 0 saturated heterocycles. The number of benzene rings is 1. The maximum Gasteiger partial charge on any atom is 0.168 e. The molecule has 0 bridgehead atoms. The Morgan fingerprint density at radius 1 is 1.07 bits per heavy atom. The van der Waals surface area contributed by atoms with Crippen LogP contribution in [-0.4, -0.2) is 29.0 Å². The minimum absolute atomic E-state index is 0.0269. The zero-order valence-corrected chi connectivity index (χ0v) is 18.0. The van der Waals surface area contributed by atoms with Crippen LogP contribution in [0.4, 0.5) is 0 Å². The van der Waals surface area contributed by atoms with Gasteiger partial charge in [0.15, 0.2) is 11.6 Å². The first-order valence-electron chi connectivity index (χ1n) is 9.91. The summed E-state index contributed by atoms with van der Waals surface area (Å²) in [6.45, 7) is 13.6. The van der Waals surface area contributed by atoms with Crippen molar-refractivity contribution in [3.8, 4) is 0 Å². The fourth-order valence-electron chi connectivity index (χ4n) is 4.36. The number of nitrogens with zero attached hydrogens (tertiary/aromatic N) is 1. The number of aliphatic hydroxyl groups is 1. The average Bonchev–Trinajstić information content (AvgIpc) is 2.62. The monoisotopic (exact) mass is 385 g/mol. The van der Waals surface area contributed by atoms with Crippen molar-refractivity contribution in [1.29, 1.82) is 0 Å². The van der Waals surface area contributed by atoms with E-state index in [1.54, 1.807) is 6.92 Å². The third-order valence-electron chi connectivity index (χ3n) is 5.81. The van der Waals surface area contributed by atoms with Gasteiger partial charge in [-0.05, 0) is 81.7 Å². The molecule has 0 amide bonds. The van der Waals surface area contributed by atoms with Crippen molar-refractivity contribution in [2.45, 2.75) is 73.6 Å². The number of hydrogen-bond donors (Lipinski definition) is 1. The number of carbonyl (C=O) groups excluding carboxylic acids is 2. The van der Waals surface area contributed by atoms with Crippen molar-refractivity contribution in [2.75, 3.05) is 6.61 Å². The minimum Gasteiger partial charge on any atom is -0.511 e. The molecule has 1 N–H and O–H groups in total.